The number of unbranched alkanes of at least 4 members (excludes halogenated alkanes) is 2. The number of hydrogen-bond acceptors (Lipinski definition) is 2. The zero-order valence-corrected chi connectivity index (χ0v) is 18.5. The molecule has 0 saturated heterocycles. The van der Waals surface area contributed by atoms with Gasteiger partial charge in [0.15, 0.2) is 0 Å². The normalized spacial score (nSPS) is 18.9. The smallest absolute Gasteiger partial charge is 0.338 e. The number of carbonyl (C=O) groups is 1. The second-order valence-electron chi connectivity index (χ2n) is 8.67. The van der Waals surface area contributed by atoms with E-state index in [4.69, 9.17) is 4.74 Å². The molecule has 2 aromatic carbocycles. The molecule has 3 rings (SSSR count). The van der Waals surface area contributed by atoms with Crippen LogP contribution < -0.4 is 0 Å². The van der Waals surface area contributed by atoms with Gasteiger partial charge in [-0.15, -0.1) is 0 Å². The molecule has 1 saturated carbocycles. The summed E-state index contributed by atoms with van der Waals surface area (Å²) in [4.78, 5) is 12.0. The van der Waals surface area contributed by atoms with Gasteiger partial charge in [-0.1, -0.05) is 63.8 Å². The molecule has 0 heterocycles. The highest BCUT2D eigenvalue weighted by atomic mass is 19.1. The van der Waals surface area contributed by atoms with Gasteiger partial charge in [-0.2, -0.15) is 0 Å². The van der Waals surface area contributed by atoms with Crippen molar-refractivity contribution < 1.29 is 13.9 Å². The minimum atomic E-state index is -0.319. The van der Waals surface area contributed by atoms with Gasteiger partial charge in [0.25, 0.3) is 0 Å². The predicted octanol–water partition coefficient (Wildman–Crippen LogP) is 7.91. The van der Waals surface area contributed by atoms with E-state index in [1.165, 1.54) is 44.9 Å². The molecule has 2 nitrogen and oxygen atoms in total. The molecule has 162 valence electrons. The quantitative estimate of drug-likeness (QED) is 0.310. The molecule has 0 amide bonds. The first-order valence-corrected chi connectivity index (χ1v) is 11.7. The monoisotopic (exact) mass is 410 g/mol. The van der Waals surface area contributed by atoms with Crippen molar-refractivity contribution in [2.75, 3.05) is 6.61 Å². The van der Waals surface area contributed by atoms with Gasteiger partial charge >= 0.3 is 5.97 Å². The fourth-order valence-corrected chi connectivity index (χ4v) is 4.48. The van der Waals surface area contributed by atoms with Gasteiger partial charge in [0.2, 0.25) is 0 Å². The molecule has 0 bridgehead atoms. The Morgan fingerprint density at radius 3 is 2.30 bits per heavy atom. The summed E-state index contributed by atoms with van der Waals surface area (Å²) in [7, 11) is 0. The van der Waals surface area contributed by atoms with E-state index in [-0.39, 0.29) is 11.8 Å². The molecule has 3 heteroatoms. The molecule has 0 radical (unpaired) electrons. The zero-order chi connectivity index (χ0) is 21.3. The molecule has 0 spiro atoms. The van der Waals surface area contributed by atoms with Crippen LogP contribution in [0.25, 0.3) is 11.1 Å². The van der Waals surface area contributed by atoms with Crippen molar-refractivity contribution in [2.24, 2.45) is 5.92 Å². The first-order chi connectivity index (χ1) is 14.6. The zero-order valence-electron chi connectivity index (χ0n) is 18.5. The molecule has 0 atom stereocenters. The molecule has 2 aromatic rings. The Bertz CT molecular complexity index is 804. The van der Waals surface area contributed by atoms with E-state index in [9.17, 15) is 9.18 Å². The van der Waals surface area contributed by atoms with Crippen molar-refractivity contribution in [2.45, 2.75) is 77.6 Å². The summed E-state index contributed by atoms with van der Waals surface area (Å²) in [5.74, 6) is 0.837. The highest BCUT2D eigenvalue weighted by Crippen LogP contribution is 2.38. The largest absolute Gasteiger partial charge is 0.462 e. The van der Waals surface area contributed by atoms with Crippen LogP contribution in [0.5, 0.6) is 0 Å². The summed E-state index contributed by atoms with van der Waals surface area (Å²) >= 11 is 0. The maximum Gasteiger partial charge on any atom is 0.338 e. The lowest BCUT2D eigenvalue weighted by Crippen LogP contribution is -2.13. The fourth-order valence-electron chi connectivity index (χ4n) is 4.48. The molecule has 0 aliphatic heterocycles. The number of ether oxygens (including phenoxy) is 1. The minimum Gasteiger partial charge on any atom is -0.462 e. The Labute approximate surface area is 180 Å². The highest BCUT2D eigenvalue weighted by molar-refractivity contribution is 5.90. The molecular formula is C27H35FO2. The maximum atomic E-state index is 14.9. The third-order valence-electron chi connectivity index (χ3n) is 6.44. The number of rotatable bonds is 9. The maximum absolute atomic E-state index is 14.9. The first-order valence-electron chi connectivity index (χ1n) is 11.7. The van der Waals surface area contributed by atoms with E-state index in [1.807, 2.05) is 6.07 Å². The fraction of sp³-hybridized carbons (Fsp3) is 0.519. The lowest BCUT2D eigenvalue weighted by atomic mass is 9.77. The van der Waals surface area contributed by atoms with E-state index in [1.54, 1.807) is 30.3 Å². The topological polar surface area (TPSA) is 26.3 Å². The van der Waals surface area contributed by atoms with Crippen LogP contribution in [0.2, 0.25) is 0 Å². The van der Waals surface area contributed by atoms with Gasteiger partial charge in [-0.3, -0.25) is 0 Å². The molecule has 30 heavy (non-hydrogen) atoms. The Morgan fingerprint density at radius 1 is 0.967 bits per heavy atom. The van der Waals surface area contributed by atoms with Crippen molar-refractivity contribution in [3.8, 4) is 11.1 Å². The van der Waals surface area contributed by atoms with Crippen LogP contribution in [0.4, 0.5) is 4.39 Å². The standard InChI is InChI=1S/C27H35FO2/c1-3-5-7-20-8-10-21(11-9-20)24-16-17-25(26(28)19-24)22-12-14-23(15-13-22)27(29)30-18-6-4-2/h12-17,19-21H,3-11,18H2,1-2H3/t20-,21-. The molecule has 1 aliphatic rings. The molecule has 0 unspecified atom stereocenters. The third kappa shape index (κ3) is 5.93. The van der Waals surface area contributed by atoms with E-state index in [0.29, 0.717) is 23.7 Å². The van der Waals surface area contributed by atoms with Crippen molar-refractivity contribution in [1.29, 1.82) is 0 Å². The van der Waals surface area contributed by atoms with Crippen LogP contribution in [0.1, 0.15) is 93.5 Å². The summed E-state index contributed by atoms with van der Waals surface area (Å²) in [6, 6.07) is 12.7. The number of halogens is 1. The van der Waals surface area contributed by atoms with Gasteiger partial charge in [0, 0.05) is 5.56 Å². The molecule has 1 fully saturated rings. The van der Waals surface area contributed by atoms with Gasteiger partial charge < -0.3 is 4.74 Å². The lowest BCUT2D eigenvalue weighted by molar-refractivity contribution is 0.0500. The van der Waals surface area contributed by atoms with Crippen LogP contribution in [0.15, 0.2) is 42.5 Å². The van der Waals surface area contributed by atoms with Crippen molar-refractivity contribution in [3.63, 3.8) is 0 Å². The summed E-state index contributed by atoms with van der Waals surface area (Å²) in [5, 5.41) is 0. The average Bonchev–Trinajstić information content (AvgIpc) is 2.78. The first kappa shape index (κ1) is 22.5. The molecule has 0 N–H and O–H groups in total. The number of benzene rings is 2. The van der Waals surface area contributed by atoms with Crippen molar-refractivity contribution >= 4 is 5.97 Å². The van der Waals surface area contributed by atoms with Crippen molar-refractivity contribution in [1.82, 2.24) is 0 Å². The Kier molecular flexibility index (Phi) is 8.48. The molecule has 0 aromatic heterocycles. The lowest BCUT2D eigenvalue weighted by Gasteiger charge is -2.29. The number of carbonyl (C=O) groups excluding carboxylic acids is 1. The van der Waals surface area contributed by atoms with Crippen molar-refractivity contribution in [3.05, 3.63) is 59.4 Å². The third-order valence-corrected chi connectivity index (χ3v) is 6.44. The van der Waals surface area contributed by atoms with Gasteiger partial charge in [0.1, 0.15) is 5.82 Å². The van der Waals surface area contributed by atoms with Gasteiger partial charge in [0.05, 0.1) is 12.2 Å². The second-order valence-corrected chi connectivity index (χ2v) is 8.67. The summed E-state index contributed by atoms with van der Waals surface area (Å²) in [6.07, 6.45) is 10.7. The van der Waals surface area contributed by atoms with Crippen LogP contribution in [-0.2, 0) is 4.74 Å². The van der Waals surface area contributed by atoms with E-state index in [0.717, 1.165) is 29.9 Å². The predicted molar refractivity (Wildman–Crippen MR) is 121 cm³/mol. The minimum absolute atomic E-state index is 0.182. The number of esters is 1. The number of hydrogen-bond donors (Lipinski definition) is 0. The van der Waals surface area contributed by atoms with Crippen LogP contribution in [0, 0.1) is 11.7 Å². The summed E-state index contributed by atoms with van der Waals surface area (Å²) in [5.41, 5.74) is 3.00. The summed E-state index contributed by atoms with van der Waals surface area (Å²) < 4.78 is 20.1. The highest BCUT2D eigenvalue weighted by Gasteiger charge is 2.23. The second kappa shape index (κ2) is 11.3. The molecule has 1 aliphatic carbocycles. The van der Waals surface area contributed by atoms with E-state index in [2.05, 4.69) is 19.9 Å². The Morgan fingerprint density at radius 2 is 1.67 bits per heavy atom. The van der Waals surface area contributed by atoms with Gasteiger partial charge in [-0.05, 0) is 73.3 Å². The van der Waals surface area contributed by atoms with E-state index < -0.39 is 0 Å². The van der Waals surface area contributed by atoms with Crippen LogP contribution in [-0.4, -0.2) is 12.6 Å². The summed E-state index contributed by atoms with van der Waals surface area (Å²) in [6.45, 7) is 4.75. The van der Waals surface area contributed by atoms with Crippen LogP contribution >= 0.6 is 0 Å². The molecular weight excluding hydrogens is 375 g/mol. The van der Waals surface area contributed by atoms with Gasteiger partial charge in [-0.25, -0.2) is 9.18 Å². The Balaban J connectivity index is 1.62. The van der Waals surface area contributed by atoms with Crippen LogP contribution in [0.3, 0.4) is 0 Å². The van der Waals surface area contributed by atoms with E-state index >= 15 is 0 Å². The average molecular weight is 411 g/mol. The SMILES string of the molecule is CCCCOC(=O)c1ccc(-c2ccc([C@H]3CC[C@H](CCCC)CC3)cc2F)cc1. The Hall–Kier alpha value is -2.16.